The molecule has 0 atom stereocenters. The molecular formula is C15H12N2O. The minimum Gasteiger partial charge on any atom is -0.399 e. The molecule has 0 saturated carbocycles. The summed E-state index contributed by atoms with van der Waals surface area (Å²) in [6.45, 7) is 0. The van der Waals surface area contributed by atoms with Gasteiger partial charge in [-0.3, -0.25) is 9.78 Å². The highest BCUT2D eigenvalue weighted by molar-refractivity contribution is 6.15. The van der Waals surface area contributed by atoms with Crippen LogP contribution in [0.2, 0.25) is 0 Å². The van der Waals surface area contributed by atoms with E-state index in [1.807, 2.05) is 24.3 Å². The number of anilines is 1. The smallest absolute Gasteiger partial charge is 0.189 e. The number of Topliss-reactive ketones (excluding diaryl/α,β-unsaturated/α-hetero) is 1. The summed E-state index contributed by atoms with van der Waals surface area (Å²) in [5.41, 5.74) is 9.95. The number of benzene rings is 1. The van der Waals surface area contributed by atoms with Crippen LogP contribution in [0.15, 0.2) is 48.3 Å². The second kappa shape index (κ2) is 4.11. The molecule has 88 valence electrons. The van der Waals surface area contributed by atoms with Crippen molar-refractivity contribution in [2.45, 2.75) is 6.42 Å². The van der Waals surface area contributed by atoms with Gasteiger partial charge in [0.2, 0.25) is 0 Å². The van der Waals surface area contributed by atoms with Gasteiger partial charge in [0.05, 0.1) is 0 Å². The standard InChI is InChI=1S/C15H12N2O/c16-13-3-4-14-11(8-13)7-12(15(14)18)6-10-2-1-5-17-9-10/h1-6,8-9H,7,16H2. The Kier molecular flexibility index (Phi) is 2.45. The summed E-state index contributed by atoms with van der Waals surface area (Å²) >= 11 is 0. The number of nitrogens with two attached hydrogens (primary N) is 1. The largest absolute Gasteiger partial charge is 0.399 e. The molecule has 1 aliphatic rings. The van der Waals surface area contributed by atoms with Crippen molar-refractivity contribution in [3.63, 3.8) is 0 Å². The average molecular weight is 236 g/mol. The van der Waals surface area contributed by atoms with Crippen LogP contribution in [-0.2, 0) is 6.42 Å². The average Bonchev–Trinajstić information content (AvgIpc) is 2.67. The number of nitrogen functional groups attached to an aromatic ring is 1. The van der Waals surface area contributed by atoms with Crippen LogP contribution in [0.4, 0.5) is 5.69 Å². The zero-order valence-corrected chi connectivity index (χ0v) is 9.76. The molecule has 0 aliphatic heterocycles. The maximum absolute atomic E-state index is 12.2. The molecule has 2 N–H and O–H groups in total. The fourth-order valence-electron chi connectivity index (χ4n) is 2.22. The molecule has 1 aromatic heterocycles. The first-order valence-electron chi connectivity index (χ1n) is 5.78. The molecular weight excluding hydrogens is 224 g/mol. The monoisotopic (exact) mass is 236 g/mol. The predicted molar refractivity (Wildman–Crippen MR) is 71.1 cm³/mol. The summed E-state index contributed by atoms with van der Waals surface area (Å²) in [6, 6.07) is 9.24. The molecule has 3 heteroatoms. The molecule has 1 aromatic carbocycles. The van der Waals surface area contributed by atoms with Crippen molar-refractivity contribution in [2.24, 2.45) is 0 Å². The fraction of sp³-hybridized carbons (Fsp3) is 0.0667. The van der Waals surface area contributed by atoms with Gasteiger partial charge >= 0.3 is 0 Å². The van der Waals surface area contributed by atoms with E-state index in [1.165, 1.54) is 0 Å². The van der Waals surface area contributed by atoms with Crippen molar-refractivity contribution in [3.8, 4) is 0 Å². The maximum atomic E-state index is 12.2. The molecule has 0 radical (unpaired) electrons. The van der Waals surface area contributed by atoms with Gasteiger partial charge in [-0.1, -0.05) is 6.07 Å². The zero-order chi connectivity index (χ0) is 12.5. The van der Waals surface area contributed by atoms with Crippen molar-refractivity contribution in [2.75, 3.05) is 5.73 Å². The van der Waals surface area contributed by atoms with Gasteiger partial charge in [-0.05, 0) is 41.5 Å². The number of pyridine rings is 1. The van der Waals surface area contributed by atoms with Gasteiger partial charge in [0.1, 0.15) is 0 Å². The van der Waals surface area contributed by atoms with Crippen molar-refractivity contribution in [3.05, 3.63) is 65.0 Å². The Hall–Kier alpha value is -2.42. The van der Waals surface area contributed by atoms with Crippen LogP contribution in [0, 0.1) is 0 Å². The van der Waals surface area contributed by atoms with Gasteiger partial charge in [-0.25, -0.2) is 0 Å². The van der Waals surface area contributed by atoms with E-state index in [2.05, 4.69) is 4.98 Å². The number of carbonyl (C=O) groups is 1. The molecule has 0 amide bonds. The highest BCUT2D eigenvalue weighted by Gasteiger charge is 2.24. The fourth-order valence-corrected chi connectivity index (χ4v) is 2.22. The van der Waals surface area contributed by atoms with E-state index in [0.717, 1.165) is 22.3 Å². The first-order chi connectivity index (χ1) is 8.74. The molecule has 0 spiro atoms. The number of carbonyl (C=O) groups excluding carboxylic acids is 1. The van der Waals surface area contributed by atoms with E-state index in [1.54, 1.807) is 24.5 Å². The quantitative estimate of drug-likeness (QED) is 0.611. The van der Waals surface area contributed by atoms with Gasteiger partial charge < -0.3 is 5.73 Å². The Balaban J connectivity index is 2.00. The first-order valence-corrected chi connectivity index (χ1v) is 5.78. The molecule has 1 heterocycles. The molecule has 0 fully saturated rings. The predicted octanol–water partition coefficient (Wildman–Crippen LogP) is 2.49. The Morgan fingerprint density at radius 1 is 1.28 bits per heavy atom. The lowest BCUT2D eigenvalue weighted by Crippen LogP contribution is -1.95. The van der Waals surface area contributed by atoms with E-state index in [0.29, 0.717) is 12.1 Å². The van der Waals surface area contributed by atoms with Crippen LogP contribution in [-0.4, -0.2) is 10.8 Å². The Morgan fingerprint density at radius 2 is 2.17 bits per heavy atom. The van der Waals surface area contributed by atoms with Crippen molar-refractivity contribution in [1.29, 1.82) is 0 Å². The van der Waals surface area contributed by atoms with Gasteiger partial charge in [0, 0.05) is 35.6 Å². The van der Waals surface area contributed by atoms with E-state index in [9.17, 15) is 4.79 Å². The first kappa shape index (κ1) is 10.7. The lowest BCUT2D eigenvalue weighted by Gasteiger charge is -1.96. The minimum absolute atomic E-state index is 0.0915. The molecule has 0 saturated heterocycles. The molecule has 1 aliphatic carbocycles. The normalized spacial score (nSPS) is 16.0. The Morgan fingerprint density at radius 3 is 2.94 bits per heavy atom. The topological polar surface area (TPSA) is 56.0 Å². The summed E-state index contributed by atoms with van der Waals surface area (Å²) < 4.78 is 0. The summed E-state index contributed by atoms with van der Waals surface area (Å²) in [5, 5.41) is 0. The SMILES string of the molecule is Nc1ccc2c(c1)CC(=Cc1cccnc1)C2=O. The third-order valence-corrected chi connectivity index (χ3v) is 3.07. The summed E-state index contributed by atoms with van der Waals surface area (Å²) in [4.78, 5) is 16.2. The Bertz CT molecular complexity index is 645. The van der Waals surface area contributed by atoms with Crippen LogP contribution in [0.5, 0.6) is 0 Å². The van der Waals surface area contributed by atoms with Crippen LogP contribution < -0.4 is 5.73 Å². The van der Waals surface area contributed by atoms with Gasteiger partial charge in [0.15, 0.2) is 5.78 Å². The molecule has 3 nitrogen and oxygen atoms in total. The highest BCUT2D eigenvalue weighted by Crippen LogP contribution is 2.29. The number of hydrogen-bond donors (Lipinski definition) is 1. The van der Waals surface area contributed by atoms with Gasteiger partial charge in [0.25, 0.3) is 0 Å². The third kappa shape index (κ3) is 1.80. The van der Waals surface area contributed by atoms with E-state index < -0.39 is 0 Å². The zero-order valence-electron chi connectivity index (χ0n) is 9.76. The maximum Gasteiger partial charge on any atom is 0.189 e. The summed E-state index contributed by atoms with van der Waals surface area (Å²) in [6.07, 6.45) is 6.01. The summed E-state index contributed by atoms with van der Waals surface area (Å²) in [5.74, 6) is 0.0915. The number of nitrogens with zero attached hydrogens (tertiary/aromatic N) is 1. The number of ketones is 1. The van der Waals surface area contributed by atoms with Crippen molar-refractivity contribution >= 4 is 17.5 Å². The number of allylic oxidation sites excluding steroid dienone is 1. The highest BCUT2D eigenvalue weighted by atomic mass is 16.1. The van der Waals surface area contributed by atoms with E-state index in [4.69, 9.17) is 5.73 Å². The molecule has 0 bridgehead atoms. The Labute approximate surface area is 105 Å². The number of aromatic nitrogens is 1. The molecule has 2 aromatic rings. The lowest BCUT2D eigenvalue weighted by molar-refractivity contribution is 0.104. The molecule has 0 unspecified atom stereocenters. The second-order valence-electron chi connectivity index (χ2n) is 4.38. The summed E-state index contributed by atoms with van der Waals surface area (Å²) in [7, 11) is 0. The number of rotatable bonds is 1. The van der Waals surface area contributed by atoms with Crippen LogP contribution >= 0.6 is 0 Å². The van der Waals surface area contributed by atoms with E-state index >= 15 is 0 Å². The molecule has 18 heavy (non-hydrogen) atoms. The van der Waals surface area contributed by atoms with E-state index in [-0.39, 0.29) is 5.78 Å². The lowest BCUT2D eigenvalue weighted by atomic mass is 10.1. The van der Waals surface area contributed by atoms with Crippen molar-refractivity contribution in [1.82, 2.24) is 4.98 Å². The van der Waals surface area contributed by atoms with Gasteiger partial charge in [-0.2, -0.15) is 0 Å². The second-order valence-corrected chi connectivity index (χ2v) is 4.38. The van der Waals surface area contributed by atoms with Crippen LogP contribution in [0.3, 0.4) is 0 Å². The minimum atomic E-state index is 0.0915. The van der Waals surface area contributed by atoms with Gasteiger partial charge in [-0.15, -0.1) is 0 Å². The number of hydrogen-bond acceptors (Lipinski definition) is 3. The van der Waals surface area contributed by atoms with Crippen molar-refractivity contribution < 1.29 is 4.79 Å². The van der Waals surface area contributed by atoms with Crippen LogP contribution in [0.1, 0.15) is 21.5 Å². The molecule has 3 rings (SSSR count). The number of fused-ring (bicyclic) bond motifs is 1. The third-order valence-electron chi connectivity index (χ3n) is 3.07. The van der Waals surface area contributed by atoms with Crippen LogP contribution in [0.25, 0.3) is 6.08 Å².